The van der Waals surface area contributed by atoms with Crippen LogP contribution >= 0.6 is 11.8 Å². The molecule has 0 aromatic carbocycles. The van der Waals surface area contributed by atoms with Crippen LogP contribution in [0.3, 0.4) is 0 Å². The number of thioether (sulfide) groups is 1. The van der Waals surface area contributed by atoms with E-state index in [0.717, 1.165) is 19.3 Å². The van der Waals surface area contributed by atoms with Crippen LogP contribution in [0.2, 0.25) is 0 Å². The van der Waals surface area contributed by atoms with Gasteiger partial charge in [-0.05, 0) is 19.0 Å². The molecule has 1 amide bonds. The van der Waals surface area contributed by atoms with Crippen LogP contribution in [-0.2, 0) is 9.59 Å². The summed E-state index contributed by atoms with van der Waals surface area (Å²) in [5.74, 6) is -0.826. The van der Waals surface area contributed by atoms with Gasteiger partial charge in [-0.25, -0.2) is 4.79 Å². The van der Waals surface area contributed by atoms with E-state index in [1.54, 1.807) is 17.2 Å². The molecule has 2 rings (SSSR count). The van der Waals surface area contributed by atoms with Gasteiger partial charge >= 0.3 is 5.97 Å². The SMILES string of the molecule is CCCCCNC1(C(=O)O)C=CN2C(=O)C[C@H]2S1. The molecular formula is C12H18N2O3S. The molecular weight excluding hydrogens is 252 g/mol. The first-order chi connectivity index (χ1) is 8.59. The van der Waals surface area contributed by atoms with Crippen molar-refractivity contribution in [1.82, 2.24) is 10.2 Å². The van der Waals surface area contributed by atoms with Gasteiger partial charge in [-0.3, -0.25) is 10.1 Å². The second-order valence-electron chi connectivity index (χ2n) is 4.57. The van der Waals surface area contributed by atoms with Gasteiger partial charge in [-0.15, -0.1) is 0 Å². The van der Waals surface area contributed by atoms with Gasteiger partial charge < -0.3 is 10.0 Å². The summed E-state index contributed by atoms with van der Waals surface area (Å²) in [5.41, 5.74) is 0. The van der Waals surface area contributed by atoms with E-state index in [1.807, 2.05) is 0 Å². The first-order valence-corrected chi connectivity index (χ1v) is 7.14. The summed E-state index contributed by atoms with van der Waals surface area (Å²) in [6.45, 7) is 2.79. The number of rotatable bonds is 6. The summed E-state index contributed by atoms with van der Waals surface area (Å²) in [6.07, 6.45) is 6.78. The van der Waals surface area contributed by atoms with Crippen molar-refractivity contribution in [2.75, 3.05) is 6.54 Å². The summed E-state index contributed by atoms with van der Waals surface area (Å²) >= 11 is 1.31. The number of β-lactam (4-membered cyclic amide) rings is 1. The van der Waals surface area contributed by atoms with Gasteiger partial charge in [-0.1, -0.05) is 31.5 Å². The van der Waals surface area contributed by atoms with Crippen LogP contribution < -0.4 is 5.32 Å². The third-order valence-electron chi connectivity index (χ3n) is 3.22. The molecule has 18 heavy (non-hydrogen) atoms. The fraction of sp³-hybridized carbons (Fsp3) is 0.667. The number of nitrogens with one attached hydrogen (secondary N) is 1. The average molecular weight is 270 g/mol. The Bertz CT molecular complexity index is 386. The number of nitrogens with zero attached hydrogens (tertiary/aromatic N) is 1. The standard InChI is InChI=1S/C12H18N2O3S/c1-2-3-4-6-13-12(11(16)17)5-7-14-9(15)8-10(14)18-12/h5,7,10,13H,2-4,6,8H2,1H3,(H,16,17)/t10-,12?/m1/s1. The van der Waals surface area contributed by atoms with Crippen LogP contribution in [0.25, 0.3) is 0 Å². The summed E-state index contributed by atoms with van der Waals surface area (Å²) in [7, 11) is 0. The first kappa shape index (κ1) is 13.4. The molecule has 0 radical (unpaired) electrons. The monoisotopic (exact) mass is 270 g/mol. The molecule has 1 fully saturated rings. The maximum Gasteiger partial charge on any atom is 0.338 e. The lowest BCUT2D eigenvalue weighted by Gasteiger charge is -2.45. The Morgan fingerprint density at radius 1 is 1.67 bits per heavy atom. The highest BCUT2D eigenvalue weighted by Crippen LogP contribution is 2.42. The van der Waals surface area contributed by atoms with Crippen molar-refractivity contribution in [2.24, 2.45) is 0 Å². The van der Waals surface area contributed by atoms with Crippen LogP contribution in [0.15, 0.2) is 12.3 Å². The molecule has 5 nitrogen and oxygen atoms in total. The van der Waals surface area contributed by atoms with Crippen LogP contribution in [0.1, 0.15) is 32.6 Å². The topological polar surface area (TPSA) is 69.6 Å². The minimum absolute atomic E-state index is 0.0303. The van der Waals surface area contributed by atoms with E-state index in [1.165, 1.54) is 11.8 Å². The lowest BCUT2D eigenvalue weighted by Crippen LogP contribution is -2.58. The largest absolute Gasteiger partial charge is 0.479 e. The summed E-state index contributed by atoms with van der Waals surface area (Å²) < 4.78 is 0. The van der Waals surface area contributed by atoms with E-state index < -0.39 is 10.8 Å². The van der Waals surface area contributed by atoms with Crippen molar-refractivity contribution in [3.63, 3.8) is 0 Å². The second-order valence-corrected chi connectivity index (χ2v) is 5.99. The molecule has 1 saturated heterocycles. The van der Waals surface area contributed by atoms with Crippen LogP contribution in [0, 0.1) is 0 Å². The van der Waals surface area contributed by atoms with Crippen molar-refractivity contribution in [2.45, 2.75) is 42.9 Å². The molecule has 2 atom stereocenters. The van der Waals surface area contributed by atoms with E-state index in [-0.39, 0.29) is 11.3 Å². The van der Waals surface area contributed by atoms with Gasteiger partial charge in [0.1, 0.15) is 0 Å². The molecule has 0 aromatic heterocycles. The number of aliphatic carboxylic acids is 1. The molecule has 1 unspecified atom stereocenters. The summed E-state index contributed by atoms with van der Waals surface area (Å²) in [4.78, 5) is 23.2. The Morgan fingerprint density at radius 3 is 3.00 bits per heavy atom. The number of fused-ring (bicyclic) bond motifs is 1. The number of carbonyl (C=O) groups is 2. The Morgan fingerprint density at radius 2 is 2.44 bits per heavy atom. The number of carbonyl (C=O) groups excluding carboxylic acids is 1. The molecule has 0 bridgehead atoms. The lowest BCUT2D eigenvalue weighted by atomic mass is 10.1. The van der Waals surface area contributed by atoms with E-state index in [9.17, 15) is 14.7 Å². The smallest absolute Gasteiger partial charge is 0.338 e. The molecule has 100 valence electrons. The van der Waals surface area contributed by atoms with Gasteiger partial charge in [0, 0.05) is 6.20 Å². The Labute approximate surface area is 111 Å². The van der Waals surface area contributed by atoms with Gasteiger partial charge in [0.2, 0.25) is 5.91 Å². The molecule has 2 N–H and O–H groups in total. The predicted molar refractivity (Wildman–Crippen MR) is 69.9 cm³/mol. The molecule has 0 aliphatic carbocycles. The van der Waals surface area contributed by atoms with Gasteiger partial charge in [0.25, 0.3) is 0 Å². The molecule has 0 aromatic rings. The number of unbranched alkanes of at least 4 members (excludes halogenated alkanes) is 2. The number of carboxylic acids is 1. The van der Waals surface area contributed by atoms with E-state index in [4.69, 9.17) is 0 Å². The Hall–Kier alpha value is -1.01. The van der Waals surface area contributed by atoms with E-state index >= 15 is 0 Å². The zero-order valence-corrected chi connectivity index (χ0v) is 11.2. The minimum atomic E-state index is -1.07. The number of hydrogen-bond acceptors (Lipinski definition) is 4. The quantitative estimate of drug-likeness (QED) is 0.563. The number of amides is 1. The Balaban J connectivity index is 2.00. The predicted octanol–water partition coefficient (Wildman–Crippen LogP) is 1.37. The molecule has 0 spiro atoms. The van der Waals surface area contributed by atoms with Crippen molar-refractivity contribution < 1.29 is 14.7 Å². The third kappa shape index (κ3) is 2.40. The summed E-state index contributed by atoms with van der Waals surface area (Å²) in [5, 5.41) is 12.5. The maximum atomic E-state index is 11.5. The third-order valence-corrected chi connectivity index (χ3v) is 4.72. The fourth-order valence-corrected chi connectivity index (χ4v) is 3.45. The van der Waals surface area contributed by atoms with Crippen molar-refractivity contribution in [3.8, 4) is 0 Å². The van der Waals surface area contributed by atoms with Crippen molar-refractivity contribution in [1.29, 1.82) is 0 Å². The maximum absolute atomic E-state index is 11.5. The highest BCUT2D eigenvalue weighted by molar-refractivity contribution is 8.02. The average Bonchev–Trinajstić information content (AvgIpc) is 2.33. The molecule has 2 aliphatic rings. The number of hydrogen-bond donors (Lipinski definition) is 2. The van der Waals surface area contributed by atoms with Crippen LogP contribution in [0.4, 0.5) is 0 Å². The van der Waals surface area contributed by atoms with Crippen LogP contribution in [0.5, 0.6) is 0 Å². The van der Waals surface area contributed by atoms with E-state index in [2.05, 4.69) is 12.2 Å². The van der Waals surface area contributed by atoms with Gasteiger partial charge in [0.15, 0.2) is 4.87 Å². The second kappa shape index (κ2) is 5.32. The minimum Gasteiger partial charge on any atom is -0.479 e. The van der Waals surface area contributed by atoms with Crippen molar-refractivity contribution in [3.05, 3.63) is 12.3 Å². The lowest BCUT2D eigenvalue weighted by molar-refractivity contribution is -0.141. The van der Waals surface area contributed by atoms with E-state index in [0.29, 0.717) is 13.0 Å². The fourth-order valence-electron chi connectivity index (χ4n) is 2.07. The molecule has 2 heterocycles. The van der Waals surface area contributed by atoms with Gasteiger partial charge in [-0.2, -0.15) is 0 Å². The normalized spacial score (nSPS) is 29.9. The number of carboxylic acid groups (broad SMARTS) is 1. The molecule has 6 heteroatoms. The zero-order chi connectivity index (χ0) is 13.2. The Kier molecular flexibility index (Phi) is 3.97. The van der Waals surface area contributed by atoms with Gasteiger partial charge in [0.05, 0.1) is 11.8 Å². The first-order valence-electron chi connectivity index (χ1n) is 6.26. The molecule has 2 aliphatic heterocycles. The van der Waals surface area contributed by atoms with Crippen LogP contribution in [-0.4, -0.2) is 38.7 Å². The highest BCUT2D eigenvalue weighted by Gasteiger charge is 2.48. The molecule has 0 saturated carbocycles. The summed E-state index contributed by atoms with van der Waals surface area (Å²) in [6, 6.07) is 0. The highest BCUT2D eigenvalue weighted by atomic mass is 32.2. The van der Waals surface area contributed by atoms with Crippen molar-refractivity contribution >= 4 is 23.6 Å². The zero-order valence-electron chi connectivity index (χ0n) is 10.4.